The second kappa shape index (κ2) is 5.74. The Hall–Kier alpha value is -1.35. The summed E-state index contributed by atoms with van der Waals surface area (Å²) in [6, 6.07) is 20.5. The first-order valence-corrected chi connectivity index (χ1v) is 6.34. The van der Waals surface area contributed by atoms with Gasteiger partial charge in [-0.15, -0.1) is 12.4 Å². The third-order valence-electron chi connectivity index (χ3n) is 3.70. The second-order valence-corrected chi connectivity index (χ2v) is 4.95. The van der Waals surface area contributed by atoms with Crippen molar-refractivity contribution in [3.63, 3.8) is 0 Å². The number of aliphatic hydroxyl groups is 1. The predicted molar refractivity (Wildman–Crippen MR) is 79.4 cm³/mol. The van der Waals surface area contributed by atoms with E-state index >= 15 is 0 Å². The molecule has 1 fully saturated rings. The molecule has 0 amide bonds. The van der Waals surface area contributed by atoms with Gasteiger partial charge in [0.05, 0.1) is 0 Å². The molecule has 2 aromatic rings. The summed E-state index contributed by atoms with van der Waals surface area (Å²) in [5, 5.41) is 14.1. The largest absolute Gasteiger partial charge is 0.384 e. The number of rotatable bonds is 2. The fraction of sp³-hybridized carbons (Fsp3) is 0.250. The van der Waals surface area contributed by atoms with E-state index in [1.807, 2.05) is 48.5 Å². The van der Waals surface area contributed by atoms with E-state index in [9.17, 15) is 5.11 Å². The zero-order valence-corrected chi connectivity index (χ0v) is 11.4. The van der Waals surface area contributed by atoms with E-state index in [4.69, 9.17) is 0 Å². The maximum atomic E-state index is 10.7. The average molecular weight is 276 g/mol. The molecule has 100 valence electrons. The van der Waals surface area contributed by atoms with E-state index in [-0.39, 0.29) is 18.4 Å². The molecule has 1 aliphatic rings. The van der Waals surface area contributed by atoms with E-state index in [2.05, 4.69) is 17.4 Å². The van der Waals surface area contributed by atoms with Gasteiger partial charge in [-0.05, 0) is 11.1 Å². The number of benzene rings is 2. The van der Waals surface area contributed by atoms with E-state index in [0.717, 1.165) is 12.0 Å². The predicted octanol–water partition coefficient (Wildman–Crippen LogP) is 3.03. The molecule has 2 N–H and O–H groups in total. The smallest absolute Gasteiger partial charge is 0.104 e. The Morgan fingerprint density at radius 2 is 1.53 bits per heavy atom. The fourth-order valence-electron chi connectivity index (χ4n) is 2.66. The highest BCUT2D eigenvalue weighted by Crippen LogP contribution is 2.36. The minimum absolute atomic E-state index is 0. The molecule has 3 heteroatoms. The van der Waals surface area contributed by atoms with Gasteiger partial charge in [-0.1, -0.05) is 60.7 Å². The minimum atomic E-state index is -0.748. The highest BCUT2D eigenvalue weighted by Gasteiger charge is 2.38. The van der Waals surface area contributed by atoms with Crippen molar-refractivity contribution in [1.29, 1.82) is 0 Å². The first-order valence-electron chi connectivity index (χ1n) is 6.34. The molecule has 0 spiro atoms. The molecule has 2 nitrogen and oxygen atoms in total. The molecule has 2 atom stereocenters. The lowest BCUT2D eigenvalue weighted by Crippen LogP contribution is -2.28. The van der Waals surface area contributed by atoms with Gasteiger partial charge in [0, 0.05) is 19.0 Å². The van der Waals surface area contributed by atoms with E-state index in [1.54, 1.807) is 0 Å². The van der Waals surface area contributed by atoms with Gasteiger partial charge in [-0.2, -0.15) is 0 Å². The molecule has 19 heavy (non-hydrogen) atoms. The van der Waals surface area contributed by atoms with Crippen LogP contribution in [0, 0.1) is 0 Å². The average Bonchev–Trinajstić information content (AvgIpc) is 2.85. The van der Waals surface area contributed by atoms with Crippen LogP contribution in [0.4, 0.5) is 0 Å². The third kappa shape index (κ3) is 2.81. The summed E-state index contributed by atoms with van der Waals surface area (Å²) in [5.74, 6) is 0. The third-order valence-corrected chi connectivity index (χ3v) is 3.70. The van der Waals surface area contributed by atoms with Crippen molar-refractivity contribution in [2.24, 2.45) is 0 Å². The summed E-state index contributed by atoms with van der Waals surface area (Å²) in [6.07, 6.45) is 0.723. The topological polar surface area (TPSA) is 32.3 Å². The quantitative estimate of drug-likeness (QED) is 0.883. The summed E-state index contributed by atoms with van der Waals surface area (Å²) in [6.45, 7) is 0.608. The van der Waals surface area contributed by atoms with Crippen LogP contribution in [0.1, 0.15) is 23.6 Å². The maximum absolute atomic E-state index is 10.7. The van der Waals surface area contributed by atoms with Crippen LogP contribution in [-0.4, -0.2) is 11.7 Å². The van der Waals surface area contributed by atoms with Crippen molar-refractivity contribution in [1.82, 2.24) is 5.32 Å². The van der Waals surface area contributed by atoms with Crippen molar-refractivity contribution in [2.45, 2.75) is 18.1 Å². The fourth-order valence-corrected chi connectivity index (χ4v) is 2.66. The van der Waals surface area contributed by atoms with Crippen LogP contribution in [0.5, 0.6) is 0 Å². The van der Waals surface area contributed by atoms with Crippen molar-refractivity contribution in [3.05, 3.63) is 71.8 Å². The Kier molecular flexibility index (Phi) is 4.25. The summed E-state index contributed by atoms with van der Waals surface area (Å²) in [5.41, 5.74) is 1.49. The monoisotopic (exact) mass is 275 g/mol. The lowest BCUT2D eigenvalue weighted by Gasteiger charge is -2.22. The Bertz CT molecular complexity index is 517. The van der Waals surface area contributed by atoms with Gasteiger partial charge in [0.15, 0.2) is 0 Å². The van der Waals surface area contributed by atoms with Crippen molar-refractivity contribution >= 4 is 12.4 Å². The van der Waals surface area contributed by atoms with Gasteiger partial charge in [-0.3, -0.25) is 0 Å². The Morgan fingerprint density at radius 3 is 2.16 bits per heavy atom. The molecule has 0 radical (unpaired) electrons. The molecular formula is C16H18ClNO. The molecule has 0 saturated carbocycles. The van der Waals surface area contributed by atoms with Crippen LogP contribution in [0.15, 0.2) is 60.7 Å². The Morgan fingerprint density at radius 1 is 0.947 bits per heavy atom. The lowest BCUT2D eigenvalue weighted by atomic mass is 9.89. The van der Waals surface area contributed by atoms with Crippen molar-refractivity contribution in [2.75, 3.05) is 6.54 Å². The second-order valence-electron chi connectivity index (χ2n) is 4.95. The molecule has 1 saturated heterocycles. The van der Waals surface area contributed by atoms with Crippen LogP contribution in [0.3, 0.4) is 0 Å². The van der Waals surface area contributed by atoms with Gasteiger partial charge in [0.25, 0.3) is 0 Å². The molecule has 1 aliphatic heterocycles. The van der Waals surface area contributed by atoms with Gasteiger partial charge in [0.2, 0.25) is 0 Å². The minimum Gasteiger partial charge on any atom is -0.384 e. The van der Waals surface area contributed by atoms with Crippen LogP contribution in [0.25, 0.3) is 0 Å². The molecule has 2 unspecified atom stereocenters. The maximum Gasteiger partial charge on any atom is 0.104 e. The summed E-state index contributed by atoms with van der Waals surface area (Å²) in [4.78, 5) is 0. The number of nitrogens with one attached hydrogen (secondary N) is 1. The molecule has 0 bridgehead atoms. The van der Waals surface area contributed by atoms with Gasteiger partial charge >= 0.3 is 0 Å². The Labute approximate surface area is 119 Å². The number of hydrogen-bond acceptors (Lipinski definition) is 2. The lowest BCUT2D eigenvalue weighted by molar-refractivity contribution is 0.0559. The summed E-state index contributed by atoms with van der Waals surface area (Å²) < 4.78 is 0. The molecule has 1 heterocycles. The highest BCUT2D eigenvalue weighted by molar-refractivity contribution is 5.85. The van der Waals surface area contributed by atoms with Crippen LogP contribution >= 0.6 is 12.4 Å². The first-order chi connectivity index (χ1) is 8.78. The zero-order chi connectivity index (χ0) is 12.4. The first kappa shape index (κ1) is 14.1. The summed E-state index contributed by atoms with van der Waals surface area (Å²) >= 11 is 0. The molecular weight excluding hydrogens is 258 g/mol. The molecule has 0 aromatic heterocycles. The van der Waals surface area contributed by atoms with Gasteiger partial charge in [0.1, 0.15) is 5.60 Å². The SMILES string of the molecule is Cl.OC1(c2ccccc2)CNC(c2ccccc2)C1. The number of hydrogen-bond donors (Lipinski definition) is 2. The van der Waals surface area contributed by atoms with Crippen LogP contribution < -0.4 is 5.32 Å². The van der Waals surface area contributed by atoms with Gasteiger partial charge in [-0.25, -0.2) is 0 Å². The molecule has 0 aliphatic carbocycles. The highest BCUT2D eigenvalue weighted by atomic mass is 35.5. The number of β-amino-alcohol motifs (C(OH)–C–C–N with tert-alkyl or cyclic N) is 1. The molecule has 2 aromatic carbocycles. The summed E-state index contributed by atoms with van der Waals surface area (Å²) in [7, 11) is 0. The standard InChI is InChI=1S/C16H17NO.ClH/c18-16(14-9-5-2-6-10-14)11-15(17-12-16)13-7-3-1-4-8-13;/h1-10,15,17-18H,11-12H2;1H. The van der Waals surface area contributed by atoms with Crippen LogP contribution in [-0.2, 0) is 5.60 Å². The van der Waals surface area contributed by atoms with Crippen molar-refractivity contribution < 1.29 is 5.11 Å². The van der Waals surface area contributed by atoms with E-state index in [1.165, 1.54) is 5.56 Å². The van der Waals surface area contributed by atoms with Gasteiger partial charge < -0.3 is 10.4 Å². The Balaban J connectivity index is 0.00000133. The number of halogens is 1. The van der Waals surface area contributed by atoms with Crippen LogP contribution in [0.2, 0.25) is 0 Å². The normalized spacial score (nSPS) is 25.8. The molecule has 3 rings (SSSR count). The zero-order valence-electron chi connectivity index (χ0n) is 10.6. The van der Waals surface area contributed by atoms with E-state index < -0.39 is 5.60 Å². The van der Waals surface area contributed by atoms with Crippen molar-refractivity contribution in [3.8, 4) is 0 Å². The van der Waals surface area contributed by atoms with E-state index in [0.29, 0.717) is 6.54 Å².